The van der Waals surface area contributed by atoms with E-state index < -0.39 is 0 Å². The second kappa shape index (κ2) is 5.68. The molecule has 1 aromatic carbocycles. The van der Waals surface area contributed by atoms with Gasteiger partial charge in [-0.2, -0.15) is 0 Å². The van der Waals surface area contributed by atoms with Crippen LogP contribution in [0.1, 0.15) is 37.7 Å². The van der Waals surface area contributed by atoms with Gasteiger partial charge in [-0.15, -0.1) is 0 Å². The summed E-state index contributed by atoms with van der Waals surface area (Å²) in [4.78, 5) is 14.8. The summed E-state index contributed by atoms with van der Waals surface area (Å²) in [6.45, 7) is 1.55. The number of carbonyl (C=O) groups excluding carboxylic acids is 1. The molecule has 2 aliphatic rings. The molecule has 2 fully saturated rings. The summed E-state index contributed by atoms with van der Waals surface area (Å²) >= 11 is 0. The largest absolute Gasteiger partial charge is 0.497 e. The summed E-state index contributed by atoms with van der Waals surface area (Å²) in [6, 6.07) is 8.15. The van der Waals surface area contributed by atoms with Crippen LogP contribution in [-0.4, -0.2) is 30.5 Å². The lowest BCUT2D eigenvalue weighted by Gasteiger charge is -2.35. The number of amides is 1. The van der Waals surface area contributed by atoms with Crippen molar-refractivity contribution in [1.82, 2.24) is 4.90 Å². The van der Waals surface area contributed by atoms with E-state index in [0.717, 1.165) is 50.0 Å². The van der Waals surface area contributed by atoms with Gasteiger partial charge in [-0.3, -0.25) is 4.79 Å². The van der Waals surface area contributed by atoms with Crippen LogP contribution in [0.15, 0.2) is 24.3 Å². The van der Waals surface area contributed by atoms with Gasteiger partial charge in [-0.25, -0.2) is 0 Å². The SMILES string of the molecule is COc1ccc(CN2CC[C@]3(CCC[C@H](N)C3)C2=O)cc1. The molecule has 2 N–H and O–H groups in total. The van der Waals surface area contributed by atoms with Gasteiger partial charge in [0.2, 0.25) is 5.91 Å². The molecule has 21 heavy (non-hydrogen) atoms. The van der Waals surface area contributed by atoms with Gasteiger partial charge in [0.25, 0.3) is 0 Å². The second-order valence-electron chi connectivity index (χ2n) is 6.46. The Kier molecular flexibility index (Phi) is 3.89. The number of nitrogens with zero attached hydrogens (tertiary/aromatic N) is 1. The highest BCUT2D eigenvalue weighted by Gasteiger charge is 2.48. The summed E-state index contributed by atoms with van der Waals surface area (Å²) < 4.78 is 5.17. The van der Waals surface area contributed by atoms with Gasteiger partial charge in [0.05, 0.1) is 12.5 Å². The van der Waals surface area contributed by atoms with E-state index >= 15 is 0 Å². The molecule has 114 valence electrons. The number of methoxy groups -OCH3 is 1. The van der Waals surface area contributed by atoms with E-state index in [1.165, 1.54) is 0 Å². The molecular formula is C17H24N2O2. The molecule has 1 spiro atoms. The minimum atomic E-state index is -0.163. The first-order valence-corrected chi connectivity index (χ1v) is 7.81. The van der Waals surface area contributed by atoms with Gasteiger partial charge in [0.1, 0.15) is 5.75 Å². The molecule has 4 heteroatoms. The minimum Gasteiger partial charge on any atom is -0.497 e. The zero-order chi connectivity index (χ0) is 14.9. The van der Waals surface area contributed by atoms with Crippen LogP contribution in [0, 0.1) is 5.41 Å². The Morgan fingerprint density at radius 2 is 2.10 bits per heavy atom. The van der Waals surface area contributed by atoms with Crippen LogP contribution in [0.2, 0.25) is 0 Å². The van der Waals surface area contributed by atoms with Crippen molar-refractivity contribution in [2.75, 3.05) is 13.7 Å². The van der Waals surface area contributed by atoms with Crippen LogP contribution in [0.3, 0.4) is 0 Å². The zero-order valence-electron chi connectivity index (χ0n) is 12.7. The van der Waals surface area contributed by atoms with Crippen LogP contribution >= 0.6 is 0 Å². The molecule has 1 heterocycles. The second-order valence-corrected chi connectivity index (χ2v) is 6.46. The van der Waals surface area contributed by atoms with E-state index in [0.29, 0.717) is 12.5 Å². The van der Waals surface area contributed by atoms with Crippen LogP contribution < -0.4 is 10.5 Å². The number of hydrogen-bond donors (Lipinski definition) is 1. The molecule has 4 nitrogen and oxygen atoms in total. The Hall–Kier alpha value is -1.55. The van der Waals surface area contributed by atoms with E-state index in [2.05, 4.69) is 0 Å². The third-order valence-corrected chi connectivity index (χ3v) is 5.02. The molecule has 1 aromatic rings. The molecule has 3 rings (SSSR count). The van der Waals surface area contributed by atoms with Crippen molar-refractivity contribution >= 4 is 5.91 Å². The summed E-state index contributed by atoms with van der Waals surface area (Å²) in [7, 11) is 1.66. The van der Waals surface area contributed by atoms with Crippen LogP contribution in [0.25, 0.3) is 0 Å². The van der Waals surface area contributed by atoms with Crippen molar-refractivity contribution in [3.05, 3.63) is 29.8 Å². The average Bonchev–Trinajstić information content (AvgIpc) is 2.77. The maximum absolute atomic E-state index is 12.8. The van der Waals surface area contributed by atoms with Crippen molar-refractivity contribution < 1.29 is 9.53 Å². The molecule has 1 aliphatic carbocycles. The van der Waals surface area contributed by atoms with Gasteiger partial charge in [0, 0.05) is 19.1 Å². The normalized spacial score (nSPS) is 29.1. The molecular weight excluding hydrogens is 264 g/mol. The van der Waals surface area contributed by atoms with Gasteiger partial charge in [-0.1, -0.05) is 18.6 Å². The number of hydrogen-bond acceptors (Lipinski definition) is 3. The molecule has 0 aromatic heterocycles. The summed E-state index contributed by atoms with van der Waals surface area (Å²) in [5, 5.41) is 0. The fraction of sp³-hybridized carbons (Fsp3) is 0.588. The average molecular weight is 288 g/mol. The Morgan fingerprint density at radius 3 is 2.76 bits per heavy atom. The van der Waals surface area contributed by atoms with E-state index in [9.17, 15) is 4.79 Å². The van der Waals surface area contributed by atoms with E-state index in [4.69, 9.17) is 10.5 Å². The monoisotopic (exact) mass is 288 g/mol. The Balaban J connectivity index is 1.68. The third-order valence-electron chi connectivity index (χ3n) is 5.02. The zero-order valence-corrected chi connectivity index (χ0v) is 12.7. The standard InChI is InChI=1S/C17H24N2O2/c1-21-15-6-4-13(5-7-15)12-19-10-9-17(16(19)20)8-2-3-14(18)11-17/h4-7,14H,2-3,8-12,18H2,1H3/t14-,17-/m0/s1. The quantitative estimate of drug-likeness (QED) is 0.928. The Morgan fingerprint density at radius 1 is 1.33 bits per heavy atom. The smallest absolute Gasteiger partial charge is 0.229 e. The Bertz CT molecular complexity index is 514. The number of ether oxygens (including phenoxy) is 1. The lowest BCUT2D eigenvalue weighted by Crippen LogP contribution is -2.42. The Labute approximate surface area is 126 Å². The first-order chi connectivity index (χ1) is 10.1. The van der Waals surface area contributed by atoms with Crippen LogP contribution in [0.4, 0.5) is 0 Å². The molecule has 1 saturated heterocycles. The molecule has 1 aliphatic heterocycles. The van der Waals surface area contributed by atoms with Crippen molar-refractivity contribution in [3.63, 3.8) is 0 Å². The lowest BCUT2D eigenvalue weighted by atomic mass is 9.71. The minimum absolute atomic E-state index is 0.163. The van der Waals surface area contributed by atoms with Crippen LogP contribution in [0.5, 0.6) is 5.75 Å². The summed E-state index contributed by atoms with van der Waals surface area (Å²) in [5.74, 6) is 1.16. The summed E-state index contributed by atoms with van der Waals surface area (Å²) in [6.07, 6.45) is 5.00. The maximum atomic E-state index is 12.8. The van der Waals surface area contributed by atoms with E-state index in [-0.39, 0.29) is 11.5 Å². The maximum Gasteiger partial charge on any atom is 0.229 e. The highest BCUT2D eigenvalue weighted by atomic mass is 16.5. The van der Waals surface area contributed by atoms with Gasteiger partial charge >= 0.3 is 0 Å². The molecule has 2 atom stereocenters. The number of carbonyl (C=O) groups is 1. The third kappa shape index (κ3) is 2.77. The predicted octanol–water partition coefficient (Wildman–Crippen LogP) is 2.32. The van der Waals surface area contributed by atoms with Crippen molar-refractivity contribution in [3.8, 4) is 5.75 Å². The fourth-order valence-electron chi connectivity index (χ4n) is 3.83. The first-order valence-electron chi connectivity index (χ1n) is 7.81. The van der Waals surface area contributed by atoms with Crippen molar-refractivity contribution in [1.29, 1.82) is 0 Å². The van der Waals surface area contributed by atoms with Crippen molar-refractivity contribution in [2.24, 2.45) is 11.1 Å². The highest BCUT2D eigenvalue weighted by molar-refractivity contribution is 5.85. The number of nitrogens with two attached hydrogens (primary N) is 1. The number of likely N-dealkylation sites (tertiary alicyclic amines) is 1. The van der Waals surface area contributed by atoms with E-state index in [1.54, 1.807) is 7.11 Å². The molecule has 0 radical (unpaired) electrons. The fourth-order valence-corrected chi connectivity index (χ4v) is 3.83. The van der Waals surface area contributed by atoms with Crippen LogP contribution in [-0.2, 0) is 11.3 Å². The number of benzene rings is 1. The predicted molar refractivity (Wildman–Crippen MR) is 81.9 cm³/mol. The lowest BCUT2D eigenvalue weighted by molar-refractivity contribution is -0.138. The van der Waals surface area contributed by atoms with E-state index in [1.807, 2.05) is 29.2 Å². The molecule has 0 unspecified atom stereocenters. The molecule has 1 saturated carbocycles. The van der Waals surface area contributed by atoms with Gasteiger partial charge in [-0.05, 0) is 43.4 Å². The summed E-state index contributed by atoms with van der Waals surface area (Å²) in [5.41, 5.74) is 7.09. The molecule has 0 bridgehead atoms. The highest BCUT2D eigenvalue weighted by Crippen LogP contribution is 2.44. The van der Waals surface area contributed by atoms with Gasteiger partial charge in [0.15, 0.2) is 0 Å². The van der Waals surface area contributed by atoms with Gasteiger partial charge < -0.3 is 15.4 Å². The van der Waals surface area contributed by atoms with Crippen molar-refractivity contribution in [2.45, 2.75) is 44.7 Å². The first kappa shape index (κ1) is 14.4. The topological polar surface area (TPSA) is 55.6 Å². The number of rotatable bonds is 3. The molecule has 1 amide bonds.